The molecule has 0 saturated heterocycles. The number of aryl methyl sites for hydroxylation is 2. The minimum atomic E-state index is -4.07. The van der Waals surface area contributed by atoms with E-state index in [4.69, 9.17) is 0 Å². The van der Waals surface area contributed by atoms with Gasteiger partial charge in [0.25, 0.3) is 10.0 Å². The van der Waals surface area contributed by atoms with Crippen LogP contribution in [0.1, 0.15) is 55.7 Å². The molecule has 1 saturated carbocycles. The summed E-state index contributed by atoms with van der Waals surface area (Å²) in [5.74, 6) is -0.667. The second-order valence-corrected chi connectivity index (χ2v) is 12.4. The summed E-state index contributed by atoms with van der Waals surface area (Å²) in [6.07, 6.45) is 5.19. The van der Waals surface area contributed by atoms with Crippen molar-refractivity contribution in [2.24, 2.45) is 0 Å². The van der Waals surface area contributed by atoms with Crippen molar-refractivity contribution >= 4 is 27.5 Å². The van der Waals surface area contributed by atoms with E-state index in [1.807, 2.05) is 50.2 Å². The third kappa shape index (κ3) is 6.91. The first-order chi connectivity index (χ1) is 19.2. The molecule has 1 N–H and O–H groups in total. The Labute approximate surface area is 238 Å². The van der Waals surface area contributed by atoms with Gasteiger partial charge in [0.15, 0.2) is 0 Å². The van der Waals surface area contributed by atoms with Crippen LogP contribution in [-0.2, 0) is 26.2 Å². The van der Waals surface area contributed by atoms with Gasteiger partial charge in [-0.05, 0) is 68.5 Å². The standard InChI is InChI=1S/C32H39N3O4S/c1-24-14-10-12-16-27(24)22-34(26(3)32(37)33-28-17-6-4-7-18-28)31(36)23-35(30-21-13-11-15-25(30)2)40(38,39)29-19-8-5-9-20-29/h5,8-16,19-21,26,28H,4,6-7,17-18,22-23H2,1-3H3,(H,33,37). The molecule has 0 spiro atoms. The highest BCUT2D eigenvalue weighted by atomic mass is 32.2. The van der Waals surface area contributed by atoms with Gasteiger partial charge in [0, 0.05) is 12.6 Å². The van der Waals surface area contributed by atoms with E-state index in [1.165, 1.54) is 23.5 Å². The minimum absolute atomic E-state index is 0.0968. The molecule has 3 aromatic carbocycles. The Morgan fingerprint density at radius 3 is 2.10 bits per heavy atom. The van der Waals surface area contributed by atoms with Crippen LogP contribution in [0.3, 0.4) is 0 Å². The first-order valence-electron chi connectivity index (χ1n) is 14.0. The summed E-state index contributed by atoms with van der Waals surface area (Å²) in [5.41, 5.74) is 3.05. The predicted octanol–water partition coefficient (Wildman–Crippen LogP) is 5.36. The van der Waals surface area contributed by atoms with Crippen molar-refractivity contribution in [3.05, 3.63) is 95.6 Å². The molecule has 0 radical (unpaired) electrons. The van der Waals surface area contributed by atoms with Crippen LogP contribution in [-0.4, -0.2) is 43.8 Å². The Morgan fingerprint density at radius 2 is 1.45 bits per heavy atom. The van der Waals surface area contributed by atoms with E-state index in [9.17, 15) is 18.0 Å². The van der Waals surface area contributed by atoms with Crippen molar-refractivity contribution in [1.82, 2.24) is 10.2 Å². The fourth-order valence-electron chi connectivity index (χ4n) is 5.20. The van der Waals surface area contributed by atoms with Gasteiger partial charge in [0.05, 0.1) is 10.6 Å². The van der Waals surface area contributed by atoms with Crippen molar-refractivity contribution in [2.45, 2.75) is 76.4 Å². The van der Waals surface area contributed by atoms with E-state index in [0.29, 0.717) is 5.69 Å². The lowest BCUT2D eigenvalue weighted by molar-refractivity contribution is -0.139. The zero-order valence-corrected chi connectivity index (χ0v) is 24.4. The van der Waals surface area contributed by atoms with Gasteiger partial charge < -0.3 is 10.2 Å². The second kappa shape index (κ2) is 13.1. The number of amides is 2. The van der Waals surface area contributed by atoms with E-state index in [-0.39, 0.29) is 23.4 Å². The number of hydrogen-bond acceptors (Lipinski definition) is 4. The number of benzene rings is 3. The largest absolute Gasteiger partial charge is 0.352 e. The number of hydrogen-bond donors (Lipinski definition) is 1. The van der Waals surface area contributed by atoms with Crippen molar-refractivity contribution in [3.8, 4) is 0 Å². The zero-order chi connectivity index (χ0) is 28.7. The maximum atomic E-state index is 14.1. The van der Waals surface area contributed by atoms with Crippen molar-refractivity contribution in [1.29, 1.82) is 0 Å². The lowest BCUT2D eigenvalue weighted by Crippen LogP contribution is -2.53. The topological polar surface area (TPSA) is 86.8 Å². The number of nitrogens with one attached hydrogen (secondary N) is 1. The van der Waals surface area contributed by atoms with E-state index >= 15 is 0 Å². The molecule has 1 aliphatic rings. The van der Waals surface area contributed by atoms with Gasteiger partial charge in [-0.3, -0.25) is 13.9 Å². The first-order valence-corrected chi connectivity index (χ1v) is 15.4. The lowest BCUT2D eigenvalue weighted by Gasteiger charge is -2.33. The number of carbonyl (C=O) groups excluding carboxylic acids is 2. The summed E-state index contributed by atoms with van der Waals surface area (Å²) < 4.78 is 29.0. The molecule has 4 rings (SSSR count). The smallest absolute Gasteiger partial charge is 0.264 e. The average Bonchev–Trinajstić information content (AvgIpc) is 2.96. The Kier molecular flexibility index (Phi) is 9.63. The van der Waals surface area contributed by atoms with E-state index < -0.39 is 28.5 Å². The number of sulfonamides is 1. The van der Waals surface area contributed by atoms with Gasteiger partial charge >= 0.3 is 0 Å². The van der Waals surface area contributed by atoms with Crippen LogP contribution in [0.15, 0.2) is 83.8 Å². The number of nitrogens with zero attached hydrogens (tertiary/aromatic N) is 2. The van der Waals surface area contributed by atoms with Gasteiger partial charge in [-0.25, -0.2) is 8.42 Å². The summed E-state index contributed by atoms with van der Waals surface area (Å²) in [6.45, 7) is 5.26. The summed E-state index contributed by atoms with van der Waals surface area (Å²) in [4.78, 5) is 29.1. The highest BCUT2D eigenvalue weighted by Gasteiger charge is 2.33. The van der Waals surface area contributed by atoms with Crippen LogP contribution < -0.4 is 9.62 Å². The SMILES string of the molecule is Cc1ccccc1CN(C(=O)CN(c1ccccc1C)S(=O)(=O)c1ccccc1)C(C)C(=O)NC1CCCCC1. The first kappa shape index (κ1) is 29.3. The summed E-state index contributed by atoms with van der Waals surface area (Å²) >= 11 is 0. The van der Waals surface area contributed by atoms with Gasteiger partial charge in [-0.1, -0.05) is 79.9 Å². The molecule has 1 aliphatic carbocycles. The van der Waals surface area contributed by atoms with E-state index in [2.05, 4.69) is 5.32 Å². The maximum Gasteiger partial charge on any atom is 0.264 e. The number of rotatable bonds is 10. The predicted molar refractivity (Wildman–Crippen MR) is 158 cm³/mol. The molecule has 1 fully saturated rings. The molecule has 0 bridgehead atoms. The van der Waals surface area contributed by atoms with Crippen LogP contribution in [0.2, 0.25) is 0 Å². The normalized spacial score (nSPS) is 14.8. The molecule has 40 heavy (non-hydrogen) atoms. The zero-order valence-electron chi connectivity index (χ0n) is 23.5. The molecule has 0 aromatic heterocycles. The van der Waals surface area contributed by atoms with Crippen molar-refractivity contribution in [2.75, 3.05) is 10.8 Å². The van der Waals surface area contributed by atoms with Crippen LogP contribution >= 0.6 is 0 Å². The molecule has 212 valence electrons. The van der Waals surface area contributed by atoms with Crippen molar-refractivity contribution in [3.63, 3.8) is 0 Å². The van der Waals surface area contributed by atoms with Crippen LogP contribution in [0, 0.1) is 13.8 Å². The van der Waals surface area contributed by atoms with Crippen LogP contribution in [0.5, 0.6) is 0 Å². The number of anilines is 1. The summed E-state index contributed by atoms with van der Waals surface area (Å²) in [6, 6.07) is 22.3. The van der Waals surface area contributed by atoms with Crippen LogP contribution in [0.4, 0.5) is 5.69 Å². The Hall–Kier alpha value is -3.65. The summed E-state index contributed by atoms with van der Waals surface area (Å²) in [5, 5.41) is 3.14. The molecular formula is C32H39N3O4S. The molecule has 2 amide bonds. The Bertz CT molecular complexity index is 1420. The molecule has 0 heterocycles. The van der Waals surface area contributed by atoms with Gasteiger partial charge in [0.1, 0.15) is 12.6 Å². The third-order valence-electron chi connectivity index (χ3n) is 7.72. The molecule has 3 aromatic rings. The minimum Gasteiger partial charge on any atom is -0.352 e. The molecule has 0 aliphatic heterocycles. The van der Waals surface area contributed by atoms with Gasteiger partial charge in [0.2, 0.25) is 11.8 Å². The van der Waals surface area contributed by atoms with Crippen molar-refractivity contribution < 1.29 is 18.0 Å². The van der Waals surface area contributed by atoms with E-state index in [0.717, 1.165) is 46.7 Å². The summed E-state index contributed by atoms with van der Waals surface area (Å²) in [7, 11) is -4.07. The molecule has 8 heteroatoms. The average molecular weight is 562 g/mol. The monoisotopic (exact) mass is 561 g/mol. The number of para-hydroxylation sites is 1. The van der Waals surface area contributed by atoms with Crippen LogP contribution in [0.25, 0.3) is 0 Å². The molecular weight excluding hydrogens is 522 g/mol. The second-order valence-electron chi connectivity index (χ2n) is 10.6. The maximum absolute atomic E-state index is 14.1. The highest BCUT2D eigenvalue weighted by molar-refractivity contribution is 7.92. The van der Waals surface area contributed by atoms with E-state index in [1.54, 1.807) is 37.3 Å². The fourth-order valence-corrected chi connectivity index (χ4v) is 6.70. The Balaban J connectivity index is 1.68. The quantitative estimate of drug-likeness (QED) is 0.361. The Morgan fingerprint density at radius 1 is 0.850 bits per heavy atom. The van der Waals surface area contributed by atoms with Gasteiger partial charge in [-0.2, -0.15) is 0 Å². The molecule has 1 unspecified atom stereocenters. The fraction of sp³-hybridized carbons (Fsp3) is 0.375. The lowest BCUT2D eigenvalue weighted by atomic mass is 9.95. The third-order valence-corrected chi connectivity index (χ3v) is 9.49. The molecule has 7 nitrogen and oxygen atoms in total. The number of carbonyl (C=O) groups is 2. The molecule has 1 atom stereocenters. The van der Waals surface area contributed by atoms with Gasteiger partial charge in [-0.15, -0.1) is 0 Å². The highest BCUT2D eigenvalue weighted by Crippen LogP contribution is 2.27.